The molecule has 3 N–H and O–H groups in total. The van der Waals surface area contributed by atoms with E-state index in [1.165, 1.54) is 22.5 Å². The van der Waals surface area contributed by atoms with Crippen LogP contribution in [0.15, 0.2) is 18.2 Å². The van der Waals surface area contributed by atoms with Crippen molar-refractivity contribution in [1.29, 1.82) is 5.41 Å². The first-order valence-electron chi connectivity index (χ1n) is 7.05. The second kappa shape index (κ2) is 6.72. The van der Waals surface area contributed by atoms with Crippen molar-refractivity contribution in [3.8, 4) is 5.75 Å². The summed E-state index contributed by atoms with van der Waals surface area (Å²) in [5, 5.41) is 8.55. The van der Waals surface area contributed by atoms with Gasteiger partial charge in [-0.3, -0.25) is 5.41 Å². The highest BCUT2D eigenvalue weighted by atomic mass is 32.1. The van der Waals surface area contributed by atoms with Crippen LogP contribution in [0.3, 0.4) is 0 Å². The van der Waals surface area contributed by atoms with Gasteiger partial charge in [-0.25, -0.2) is 4.98 Å². The minimum Gasteiger partial charge on any atom is -0.493 e. The normalized spacial score (nSPS) is 10.6. The molecule has 1 heterocycles. The van der Waals surface area contributed by atoms with Gasteiger partial charge in [0.1, 0.15) is 11.6 Å². The van der Waals surface area contributed by atoms with Gasteiger partial charge in [0.15, 0.2) is 0 Å². The number of ether oxygens (including phenoxy) is 1. The first-order valence-corrected chi connectivity index (χ1v) is 7.86. The predicted molar refractivity (Wildman–Crippen MR) is 87.6 cm³/mol. The van der Waals surface area contributed by atoms with Crippen molar-refractivity contribution in [2.45, 2.75) is 33.6 Å². The summed E-state index contributed by atoms with van der Waals surface area (Å²) >= 11 is 1.49. The van der Waals surface area contributed by atoms with Gasteiger partial charge in [-0.05, 0) is 37.5 Å². The highest BCUT2D eigenvalue weighted by Crippen LogP contribution is 2.22. The molecule has 1 aromatic heterocycles. The summed E-state index contributed by atoms with van der Waals surface area (Å²) in [6, 6.07) is 6.07. The number of thiazole rings is 1. The largest absolute Gasteiger partial charge is 0.493 e. The molecular weight excluding hydrogens is 282 g/mol. The Morgan fingerprint density at radius 3 is 2.76 bits per heavy atom. The number of amidine groups is 1. The van der Waals surface area contributed by atoms with Gasteiger partial charge in [0.05, 0.1) is 22.2 Å². The minimum atomic E-state index is 0.103. The van der Waals surface area contributed by atoms with Gasteiger partial charge in [0.25, 0.3) is 0 Å². The molecule has 21 heavy (non-hydrogen) atoms. The molecular formula is C16H21N3OS. The SMILES string of the molecule is CCc1nc(CCOc2cccc(C)c2C)sc1C(=N)N. The number of nitrogens with one attached hydrogen (secondary N) is 1. The summed E-state index contributed by atoms with van der Waals surface area (Å²) < 4.78 is 5.85. The number of nitrogens with zero attached hydrogens (tertiary/aromatic N) is 1. The van der Waals surface area contributed by atoms with Crippen LogP contribution in [0.1, 0.15) is 33.6 Å². The van der Waals surface area contributed by atoms with E-state index in [-0.39, 0.29) is 5.84 Å². The Bertz CT molecular complexity index is 649. The van der Waals surface area contributed by atoms with E-state index in [1.807, 2.05) is 19.1 Å². The number of nitrogen functional groups attached to an aromatic ring is 1. The topological polar surface area (TPSA) is 72.0 Å². The Morgan fingerprint density at radius 2 is 2.14 bits per heavy atom. The molecule has 0 bridgehead atoms. The first-order chi connectivity index (χ1) is 10.0. The summed E-state index contributed by atoms with van der Waals surface area (Å²) in [4.78, 5) is 5.33. The fraction of sp³-hybridized carbons (Fsp3) is 0.375. The zero-order valence-electron chi connectivity index (χ0n) is 12.7. The van der Waals surface area contributed by atoms with E-state index in [9.17, 15) is 0 Å². The van der Waals surface area contributed by atoms with E-state index >= 15 is 0 Å². The molecule has 0 spiro atoms. The number of aryl methyl sites for hydroxylation is 2. The summed E-state index contributed by atoms with van der Waals surface area (Å²) in [7, 11) is 0. The fourth-order valence-electron chi connectivity index (χ4n) is 2.09. The standard InChI is InChI=1S/C16H21N3OS/c1-4-12-15(16(17)18)21-14(19-12)8-9-20-13-7-5-6-10(2)11(13)3/h5-7H,4,8-9H2,1-3H3,(H3,17,18). The summed E-state index contributed by atoms with van der Waals surface area (Å²) in [5.74, 6) is 1.03. The third-order valence-corrected chi connectivity index (χ3v) is 4.64. The Morgan fingerprint density at radius 1 is 1.38 bits per heavy atom. The van der Waals surface area contributed by atoms with Crippen LogP contribution in [0.2, 0.25) is 0 Å². The van der Waals surface area contributed by atoms with Crippen LogP contribution in [-0.2, 0) is 12.8 Å². The molecule has 0 radical (unpaired) electrons. The maximum absolute atomic E-state index is 7.57. The van der Waals surface area contributed by atoms with E-state index in [1.54, 1.807) is 0 Å². The van der Waals surface area contributed by atoms with E-state index in [2.05, 4.69) is 24.9 Å². The second-order valence-corrected chi connectivity index (χ2v) is 6.03. The lowest BCUT2D eigenvalue weighted by molar-refractivity contribution is 0.319. The Labute approximate surface area is 129 Å². The maximum Gasteiger partial charge on any atom is 0.135 e. The molecule has 112 valence electrons. The number of benzene rings is 1. The highest BCUT2D eigenvalue weighted by molar-refractivity contribution is 7.13. The van der Waals surface area contributed by atoms with E-state index in [4.69, 9.17) is 15.9 Å². The molecule has 5 heteroatoms. The Hall–Kier alpha value is -1.88. The summed E-state index contributed by atoms with van der Waals surface area (Å²) in [6.45, 7) is 6.75. The van der Waals surface area contributed by atoms with E-state index in [0.29, 0.717) is 6.61 Å². The van der Waals surface area contributed by atoms with E-state index < -0.39 is 0 Å². The van der Waals surface area contributed by atoms with Crippen molar-refractivity contribution in [1.82, 2.24) is 4.98 Å². The van der Waals surface area contributed by atoms with Crippen LogP contribution in [0.25, 0.3) is 0 Å². The lowest BCUT2D eigenvalue weighted by Gasteiger charge is -2.09. The molecule has 0 aliphatic heterocycles. The maximum atomic E-state index is 7.57. The van der Waals surface area contributed by atoms with Gasteiger partial charge in [-0.1, -0.05) is 19.1 Å². The average molecular weight is 303 g/mol. The minimum absolute atomic E-state index is 0.103. The Kier molecular flexibility index (Phi) is 4.96. The summed E-state index contributed by atoms with van der Waals surface area (Å²) in [6.07, 6.45) is 1.53. The van der Waals surface area contributed by atoms with Gasteiger partial charge >= 0.3 is 0 Å². The van der Waals surface area contributed by atoms with Gasteiger partial charge in [-0.15, -0.1) is 11.3 Å². The summed E-state index contributed by atoms with van der Waals surface area (Å²) in [5.41, 5.74) is 8.90. The Balaban J connectivity index is 2.00. The number of hydrogen-bond donors (Lipinski definition) is 2. The zero-order chi connectivity index (χ0) is 15.4. The third-order valence-electron chi connectivity index (χ3n) is 3.45. The molecule has 0 aliphatic rings. The molecule has 0 saturated heterocycles. The molecule has 4 nitrogen and oxygen atoms in total. The molecule has 0 saturated carbocycles. The van der Waals surface area contributed by atoms with Crippen molar-refractivity contribution in [3.05, 3.63) is 44.9 Å². The first kappa shape index (κ1) is 15.5. The predicted octanol–water partition coefficient (Wildman–Crippen LogP) is 3.23. The molecule has 0 atom stereocenters. The van der Waals surface area contributed by atoms with Crippen LogP contribution < -0.4 is 10.5 Å². The quantitative estimate of drug-likeness (QED) is 0.635. The fourth-order valence-corrected chi connectivity index (χ4v) is 3.08. The smallest absolute Gasteiger partial charge is 0.135 e. The second-order valence-electron chi connectivity index (χ2n) is 4.95. The number of aromatic nitrogens is 1. The van der Waals surface area contributed by atoms with Crippen molar-refractivity contribution in [2.24, 2.45) is 5.73 Å². The van der Waals surface area contributed by atoms with Crippen LogP contribution >= 0.6 is 11.3 Å². The molecule has 2 aromatic rings. The van der Waals surface area contributed by atoms with E-state index in [0.717, 1.165) is 34.2 Å². The molecule has 0 unspecified atom stereocenters. The van der Waals surface area contributed by atoms with Gasteiger partial charge in [0.2, 0.25) is 0 Å². The van der Waals surface area contributed by atoms with Gasteiger partial charge in [-0.2, -0.15) is 0 Å². The molecule has 1 aromatic carbocycles. The number of hydrogen-bond acceptors (Lipinski definition) is 4. The molecule has 0 fully saturated rings. The lowest BCUT2D eigenvalue weighted by Crippen LogP contribution is -2.11. The van der Waals surface area contributed by atoms with Crippen molar-refractivity contribution in [2.75, 3.05) is 6.61 Å². The van der Waals surface area contributed by atoms with Crippen LogP contribution in [-0.4, -0.2) is 17.4 Å². The van der Waals surface area contributed by atoms with Crippen molar-refractivity contribution >= 4 is 17.2 Å². The molecule has 0 amide bonds. The average Bonchev–Trinajstić information content (AvgIpc) is 2.87. The van der Waals surface area contributed by atoms with Crippen LogP contribution in [0.4, 0.5) is 0 Å². The number of rotatable bonds is 6. The van der Waals surface area contributed by atoms with Gasteiger partial charge < -0.3 is 10.5 Å². The molecule has 2 rings (SSSR count). The van der Waals surface area contributed by atoms with Crippen LogP contribution in [0.5, 0.6) is 5.75 Å². The van der Waals surface area contributed by atoms with Crippen molar-refractivity contribution in [3.63, 3.8) is 0 Å². The lowest BCUT2D eigenvalue weighted by atomic mass is 10.1. The van der Waals surface area contributed by atoms with Gasteiger partial charge in [0, 0.05) is 6.42 Å². The zero-order valence-corrected chi connectivity index (χ0v) is 13.5. The monoisotopic (exact) mass is 303 g/mol. The highest BCUT2D eigenvalue weighted by Gasteiger charge is 2.12. The number of nitrogens with two attached hydrogens (primary N) is 1. The molecule has 0 aliphatic carbocycles. The van der Waals surface area contributed by atoms with Crippen LogP contribution in [0, 0.1) is 19.3 Å². The van der Waals surface area contributed by atoms with Crippen molar-refractivity contribution < 1.29 is 4.74 Å². The third kappa shape index (κ3) is 3.61.